The molecule has 2 aromatic carbocycles. The van der Waals surface area contributed by atoms with Crippen LogP contribution in [0.25, 0.3) is 0 Å². The number of ether oxygens (including phenoxy) is 1. The number of carbonyl (C=O) groups excluding carboxylic acids is 4. The van der Waals surface area contributed by atoms with Crippen LogP contribution in [-0.2, 0) is 36.8 Å². The van der Waals surface area contributed by atoms with E-state index in [1.807, 2.05) is 44.2 Å². The van der Waals surface area contributed by atoms with E-state index >= 15 is 0 Å². The molecule has 0 saturated heterocycles. The molecule has 0 aromatic heterocycles. The molecule has 4 amide bonds. The van der Waals surface area contributed by atoms with Crippen LogP contribution < -0.4 is 26.0 Å². The first-order valence-corrected chi connectivity index (χ1v) is 14.8. The van der Waals surface area contributed by atoms with Gasteiger partial charge in [-0.05, 0) is 48.4 Å². The van der Waals surface area contributed by atoms with Crippen LogP contribution in [-0.4, -0.2) is 72.2 Å². The average molecular weight is 615 g/mol. The van der Waals surface area contributed by atoms with E-state index in [0.29, 0.717) is 13.0 Å². The van der Waals surface area contributed by atoms with Crippen molar-refractivity contribution >= 4 is 42.2 Å². The van der Waals surface area contributed by atoms with E-state index in [-0.39, 0.29) is 37.4 Å². The Bertz CT molecular complexity index is 1210. The summed E-state index contributed by atoms with van der Waals surface area (Å²) in [6.07, 6.45) is 0.309. The van der Waals surface area contributed by atoms with Gasteiger partial charge in [-0.1, -0.05) is 56.3 Å². The largest absolute Gasteiger partial charge is 0.497 e. The molecule has 43 heavy (non-hydrogen) atoms. The van der Waals surface area contributed by atoms with Gasteiger partial charge in [0.1, 0.15) is 23.9 Å². The number of methoxy groups -OCH3 is 1. The van der Waals surface area contributed by atoms with Gasteiger partial charge in [-0.3, -0.25) is 24.0 Å². The molecule has 0 spiro atoms. The summed E-state index contributed by atoms with van der Waals surface area (Å²) >= 11 is 4.23. The maximum Gasteiger partial charge on any atom is 0.303 e. The van der Waals surface area contributed by atoms with Crippen LogP contribution in [0.2, 0.25) is 0 Å². The van der Waals surface area contributed by atoms with Gasteiger partial charge in [0.25, 0.3) is 0 Å². The van der Waals surface area contributed by atoms with Gasteiger partial charge < -0.3 is 31.1 Å². The van der Waals surface area contributed by atoms with Crippen molar-refractivity contribution in [2.75, 3.05) is 19.4 Å². The molecular weight excluding hydrogens is 572 g/mol. The molecular formula is C31H42N4O7S. The summed E-state index contributed by atoms with van der Waals surface area (Å²) in [5, 5.41) is 19.9. The third kappa shape index (κ3) is 13.2. The minimum Gasteiger partial charge on any atom is -0.497 e. The SMILES string of the molecule is COc1ccc(CCNC(=O)[C@H](CS)NC(=O)[C@H](CC(C)C)NC(=O)[C@H](CCC(=O)O)NC(=O)Cc2ccccc2)cc1. The number of carboxylic acid groups (broad SMARTS) is 1. The highest BCUT2D eigenvalue weighted by Gasteiger charge is 2.30. The Morgan fingerprint density at radius 1 is 0.814 bits per heavy atom. The monoisotopic (exact) mass is 614 g/mol. The molecule has 0 aliphatic heterocycles. The maximum atomic E-state index is 13.3. The fourth-order valence-electron chi connectivity index (χ4n) is 4.25. The molecule has 0 aliphatic rings. The van der Waals surface area contributed by atoms with E-state index in [4.69, 9.17) is 9.84 Å². The predicted octanol–water partition coefficient (Wildman–Crippen LogP) is 1.89. The van der Waals surface area contributed by atoms with Gasteiger partial charge >= 0.3 is 5.97 Å². The molecule has 12 heteroatoms. The summed E-state index contributed by atoms with van der Waals surface area (Å²) in [7, 11) is 1.58. The standard InChI is InChI=1S/C31H42N4O7S/c1-20(2)17-25(31(41)35-26(19-43)29(39)32-16-15-21-9-11-23(42-3)12-10-21)34-30(40)24(13-14-28(37)38)33-27(36)18-22-7-5-4-6-8-22/h4-12,20,24-26,43H,13-19H2,1-3H3,(H,32,39)(H,33,36)(H,34,40)(H,35,41)(H,37,38)/t24-,25-,26-/m0/s1. The van der Waals surface area contributed by atoms with Gasteiger partial charge in [-0.2, -0.15) is 12.6 Å². The second-order valence-corrected chi connectivity index (χ2v) is 10.9. The molecule has 11 nitrogen and oxygen atoms in total. The van der Waals surface area contributed by atoms with Crippen molar-refractivity contribution in [3.8, 4) is 5.75 Å². The summed E-state index contributed by atoms with van der Waals surface area (Å²) in [5.74, 6) is -2.51. The van der Waals surface area contributed by atoms with Crippen molar-refractivity contribution in [1.82, 2.24) is 21.3 Å². The Morgan fingerprint density at radius 2 is 1.44 bits per heavy atom. The summed E-state index contributed by atoms with van der Waals surface area (Å²) in [4.78, 5) is 63.2. The van der Waals surface area contributed by atoms with Crippen LogP contribution in [0.4, 0.5) is 0 Å². The molecule has 5 N–H and O–H groups in total. The summed E-state index contributed by atoms with van der Waals surface area (Å²) < 4.78 is 5.15. The van der Waals surface area contributed by atoms with Crippen molar-refractivity contribution in [3.05, 3.63) is 65.7 Å². The molecule has 0 aliphatic carbocycles. The van der Waals surface area contributed by atoms with Crippen LogP contribution in [0.1, 0.15) is 44.2 Å². The Kier molecular flexibility index (Phi) is 15.1. The zero-order valence-electron chi connectivity index (χ0n) is 24.8. The Hall–Kier alpha value is -4.06. The second kappa shape index (κ2) is 18.5. The van der Waals surface area contributed by atoms with Crippen LogP contribution >= 0.6 is 12.6 Å². The highest BCUT2D eigenvalue weighted by atomic mass is 32.1. The van der Waals surface area contributed by atoms with E-state index in [9.17, 15) is 24.0 Å². The quantitative estimate of drug-likeness (QED) is 0.140. The lowest BCUT2D eigenvalue weighted by molar-refractivity contribution is -0.138. The van der Waals surface area contributed by atoms with Gasteiger partial charge in [0.15, 0.2) is 0 Å². The molecule has 0 fully saturated rings. The van der Waals surface area contributed by atoms with Gasteiger partial charge in [0, 0.05) is 18.7 Å². The first-order chi connectivity index (χ1) is 20.5. The molecule has 3 atom stereocenters. The highest BCUT2D eigenvalue weighted by molar-refractivity contribution is 7.80. The van der Waals surface area contributed by atoms with Crippen LogP contribution in [0.5, 0.6) is 5.75 Å². The molecule has 234 valence electrons. The normalized spacial score (nSPS) is 12.9. The van der Waals surface area contributed by atoms with Crippen LogP contribution in [0.15, 0.2) is 54.6 Å². The lowest BCUT2D eigenvalue weighted by Crippen LogP contribution is -2.57. The van der Waals surface area contributed by atoms with Crippen LogP contribution in [0.3, 0.4) is 0 Å². The molecule has 0 bridgehead atoms. The number of nitrogens with one attached hydrogen (secondary N) is 4. The van der Waals surface area contributed by atoms with E-state index in [1.54, 1.807) is 31.4 Å². The summed E-state index contributed by atoms with van der Waals surface area (Å²) in [6.45, 7) is 4.08. The minimum absolute atomic E-state index is 0.00476. The topological polar surface area (TPSA) is 163 Å². The van der Waals surface area contributed by atoms with Crippen molar-refractivity contribution in [1.29, 1.82) is 0 Å². The van der Waals surface area contributed by atoms with E-state index in [0.717, 1.165) is 16.9 Å². The minimum atomic E-state index is -1.17. The number of carbonyl (C=O) groups is 5. The lowest BCUT2D eigenvalue weighted by atomic mass is 10.0. The van der Waals surface area contributed by atoms with Crippen molar-refractivity contribution in [2.24, 2.45) is 5.92 Å². The Morgan fingerprint density at radius 3 is 2.02 bits per heavy atom. The van der Waals surface area contributed by atoms with E-state index < -0.39 is 47.7 Å². The van der Waals surface area contributed by atoms with Crippen LogP contribution in [0, 0.1) is 5.92 Å². The average Bonchev–Trinajstić information content (AvgIpc) is 2.97. The third-order valence-electron chi connectivity index (χ3n) is 6.53. The zero-order valence-corrected chi connectivity index (χ0v) is 25.7. The molecule has 0 radical (unpaired) electrons. The fourth-order valence-corrected chi connectivity index (χ4v) is 4.51. The molecule has 0 saturated carbocycles. The van der Waals surface area contributed by atoms with Gasteiger partial charge in [-0.25, -0.2) is 0 Å². The number of thiol groups is 1. The molecule has 0 heterocycles. The highest BCUT2D eigenvalue weighted by Crippen LogP contribution is 2.12. The number of hydrogen-bond donors (Lipinski definition) is 6. The van der Waals surface area contributed by atoms with Gasteiger partial charge in [-0.15, -0.1) is 0 Å². The Labute approximate surface area is 257 Å². The Balaban J connectivity index is 2.02. The number of amides is 4. The first-order valence-electron chi connectivity index (χ1n) is 14.2. The van der Waals surface area contributed by atoms with Crippen molar-refractivity contribution in [2.45, 2.75) is 64.1 Å². The van der Waals surface area contributed by atoms with Crippen molar-refractivity contribution in [3.63, 3.8) is 0 Å². The number of benzene rings is 2. The molecule has 0 unspecified atom stereocenters. The predicted molar refractivity (Wildman–Crippen MR) is 166 cm³/mol. The summed E-state index contributed by atoms with van der Waals surface area (Å²) in [5.41, 5.74) is 1.73. The molecule has 2 rings (SSSR count). The fraction of sp³-hybridized carbons (Fsp3) is 0.452. The first kappa shape index (κ1) is 35.1. The zero-order chi connectivity index (χ0) is 31.8. The number of hydrogen-bond acceptors (Lipinski definition) is 7. The smallest absolute Gasteiger partial charge is 0.303 e. The van der Waals surface area contributed by atoms with Crippen molar-refractivity contribution < 1.29 is 33.8 Å². The number of aliphatic carboxylic acids is 1. The third-order valence-corrected chi connectivity index (χ3v) is 6.90. The second-order valence-electron chi connectivity index (χ2n) is 10.5. The molecule has 2 aromatic rings. The van der Waals surface area contributed by atoms with E-state index in [1.165, 1.54) is 0 Å². The number of carboxylic acids is 1. The maximum absolute atomic E-state index is 13.3. The van der Waals surface area contributed by atoms with Gasteiger partial charge in [0.2, 0.25) is 23.6 Å². The van der Waals surface area contributed by atoms with Gasteiger partial charge in [0.05, 0.1) is 13.5 Å². The lowest BCUT2D eigenvalue weighted by Gasteiger charge is -2.26. The summed E-state index contributed by atoms with van der Waals surface area (Å²) in [6, 6.07) is 13.2. The number of rotatable bonds is 18. The van der Waals surface area contributed by atoms with E-state index in [2.05, 4.69) is 33.9 Å².